The maximum absolute atomic E-state index is 12.9. The van der Waals surface area contributed by atoms with Gasteiger partial charge < -0.3 is 4.74 Å². The van der Waals surface area contributed by atoms with E-state index >= 15 is 0 Å². The number of ether oxygens (including phenoxy) is 1. The lowest BCUT2D eigenvalue weighted by molar-refractivity contribution is 0.379. The Labute approximate surface area is 106 Å². The van der Waals surface area contributed by atoms with E-state index in [2.05, 4.69) is 15.0 Å². The molecule has 4 nitrogen and oxygen atoms in total. The zero-order valence-corrected chi connectivity index (χ0v) is 10.1. The molecule has 0 saturated carbocycles. The molecule has 0 aliphatic heterocycles. The molecular weight excluding hydrogens is 268 g/mol. The van der Waals surface area contributed by atoms with E-state index in [0.29, 0.717) is 5.56 Å². The first-order valence-electron chi connectivity index (χ1n) is 4.51. The van der Waals surface area contributed by atoms with Gasteiger partial charge in [0.05, 0.1) is 12.1 Å². The Balaban J connectivity index is 2.55. The molecule has 88 valence electrons. The van der Waals surface area contributed by atoms with Gasteiger partial charge in [-0.1, -0.05) is 11.6 Å². The van der Waals surface area contributed by atoms with Gasteiger partial charge in [-0.2, -0.15) is 15.0 Å². The highest BCUT2D eigenvalue weighted by Crippen LogP contribution is 2.27. The Morgan fingerprint density at radius 2 is 1.94 bits per heavy atom. The Bertz CT molecular complexity index is 565. The second-order valence-corrected chi connectivity index (χ2v) is 3.78. The number of rotatable bonds is 2. The molecule has 0 spiro atoms. The number of methoxy groups -OCH3 is 1. The second kappa shape index (κ2) is 4.81. The standard InChI is InChI=1S/C10H6Cl2FN3O/c1-17-10-15-8(14-9(12)16-10)6-3-2-5(13)4-7(6)11/h2-4H,1H3. The lowest BCUT2D eigenvalue weighted by Crippen LogP contribution is -1.98. The average Bonchev–Trinajstić information content (AvgIpc) is 2.28. The van der Waals surface area contributed by atoms with E-state index < -0.39 is 5.82 Å². The SMILES string of the molecule is COc1nc(Cl)nc(-c2ccc(F)cc2Cl)n1. The van der Waals surface area contributed by atoms with Crippen molar-refractivity contribution in [3.8, 4) is 17.4 Å². The van der Waals surface area contributed by atoms with E-state index in [-0.39, 0.29) is 22.1 Å². The predicted molar refractivity (Wildman–Crippen MR) is 61.8 cm³/mol. The molecule has 0 bridgehead atoms. The minimum atomic E-state index is -0.439. The normalized spacial score (nSPS) is 10.4. The second-order valence-electron chi connectivity index (χ2n) is 3.04. The summed E-state index contributed by atoms with van der Waals surface area (Å²) >= 11 is 11.6. The van der Waals surface area contributed by atoms with Crippen LogP contribution in [0.3, 0.4) is 0 Å². The van der Waals surface area contributed by atoms with Crippen molar-refractivity contribution in [1.82, 2.24) is 15.0 Å². The quantitative estimate of drug-likeness (QED) is 0.844. The van der Waals surface area contributed by atoms with Gasteiger partial charge in [-0.3, -0.25) is 0 Å². The smallest absolute Gasteiger partial charge is 0.321 e. The summed E-state index contributed by atoms with van der Waals surface area (Å²) in [5, 5.41) is 0.168. The summed E-state index contributed by atoms with van der Waals surface area (Å²) in [6, 6.07) is 3.95. The van der Waals surface area contributed by atoms with Crippen LogP contribution >= 0.6 is 23.2 Å². The largest absolute Gasteiger partial charge is 0.467 e. The van der Waals surface area contributed by atoms with E-state index in [4.69, 9.17) is 27.9 Å². The molecule has 0 fully saturated rings. The third-order valence-electron chi connectivity index (χ3n) is 1.94. The molecule has 0 saturated heterocycles. The van der Waals surface area contributed by atoms with Crippen LogP contribution in [0.5, 0.6) is 6.01 Å². The van der Waals surface area contributed by atoms with Crippen molar-refractivity contribution >= 4 is 23.2 Å². The van der Waals surface area contributed by atoms with Crippen molar-refractivity contribution in [2.75, 3.05) is 7.11 Å². The van der Waals surface area contributed by atoms with Crippen molar-refractivity contribution in [2.24, 2.45) is 0 Å². The number of nitrogens with zero attached hydrogens (tertiary/aromatic N) is 3. The molecule has 0 aliphatic carbocycles. The van der Waals surface area contributed by atoms with E-state index in [1.54, 1.807) is 0 Å². The lowest BCUT2D eigenvalue weighted by Gasteiger charge is -2.04. The Hall–Kier alpha value is -1.46. The molecule has 1 heterocycles. The van der Waals surface area contributed by atoms with Crippen molar-refractivity contribution in [3.63, 3.8) is 0 Å². The molecule has 0 aliphatic rings. The molecule has 0 amide bonds. The molecular formula is C10H6Cl2FN3O. The van der Waals surface area contributed by atoms with Crippen molar-refractivity contribution in [3.05, 3.63) is 34.3 Å². The molecule has 7 heteroatoms. The molecule has 1 aromatic carbocycles. The van der Waals surface area contributed by atoms with Crippen molar-refractivity contribution < 1.29 is 9.13 Å². The van der Waals surface area contributed by atoms with Crippen LogP contribution in [0.1, 0.15) is 0 Å². The summed E-state index contributed by atoms with van der Waals surface area (Å²) < 4.78 is 17.8. The number of halogens is 3. The number of hydrogen-bond donors (Lipinski definition) is 0. The summed E-state index contributed by atoms with van der Waals surface area (Å²) in [7, 11) is 1.40. The van der Waals surface area contributed by atoms with Gasteiger partial charge in [-0.15, -0.1) is 0 Å². The Kier molecular flexibility index (Phi) is 3.40. The monoisotopic (exact) mass is 273 g/mol. The summed E-state index contributed by atoms with van der Waals surface area (Å²) in [6.07, 6.45) is 0. The van der Waals surface area contributed by atoms with Crippen LogP contribution in [-0.2, 0) is 0 Å². The van der Waals surface area contributed by atoms with Gasteiger partial charge in [0.15, 0.2) is 5.82 Å². The third-order valence-corrected chi connectivity index (χ3v) is 2.42. The molecule has 2 aromatic rings. The fourth-order valence-electron chi connectivity index (χ4n) is 1.21. The van der Waals surface area contributed by atoms with Gasteiger partial charge in [-0.05, 0) is 29.8 Å². The van der Waals surface area contributed by atoms with E-state index in [1.165, 1.54) is 25.3 Å². The Morgan fingerprint density at radius 1 is 1.18 bits per heavy atom. The molecule has 0 N–H and O–H groups in total. The van der Waals surface area contributed by atoms with Gasteiger partial charge in [0.25, 0.3) is 0 Å². The fraction of sp³-hybridized carbons (Fsp3) is 0.100. The zero-order valence-electron chi connectivity index (χ0n) is 8.62. The lowest BCUT2D eigenvalue weighted by atomic mass is 10.2. The molecule has 0 atom stereocenters. The number of hydrogen-bond acceptors (Lipinski definition) is 4. The van der Waals surface area contributed by atoms with Crippen LogP contribution in [0, 0.1) is 5.82 Å². The zero-order chi connectivity index (χ0) is 12.4. The minimum absolute atomic E-state index is 0.0211. The molecule has 17 heavy (non-hydrogen) atoms. The number of benzene rings is 1. The van der Waals surface area contributed by atoms with E-state index in [0.717, 1.165) is 0 Å². The van der Waals surface area contributed by atoms with Gasteiger partial charge in [0.2, 0.25) is 5.28 Å². The average molecular weight is 274 g/mol. The van der Waals surface area contributed by atoms with Crippen molar-refractivity contribution in [1.29, 1.82) is 0 Å². The highest BCUT2D eigenvalue weighted by atomic mass is 35.5. The van der Waals surface area contributed by atoms with Crippen LogP contribution in [0.4, 0.5) is 4.39 Å². The number of aromatic nitrogens is 3. The summed E-state index contributed by atoms with van der Waals surface area (Å²) in [6.45, 7) is 0. The topological polar surface area (TPSA) is 47.9 Å². The third kappa shape index (κ3) is 2.62. The van der Waals surface area contributed by atoms with Crippen LogP contribution in [0.25, 0.3) is 11.4 Å². The van der Waals surface area contributed by atoms with Crippen LogP contribution < -0.4 is 4.74 Å². The summed E-state index contributed by atoms with van der Waals surface area (Å²) in [4.78, 5) is 11.6. The predicted octanol–water partition coefficient (Wildman–Crippen LogP) is 2.99. The maximum atomic E-state index is 12.9. The van der Waals surface area contributed by atoms with Crippen LogP contribution in [0.2, 0.25) is 10.3 Å². The first-order valence-corrected chi connectivity index (χ1v) is 5.26. The molecule has 2 rings (SSSR count). The molecule has 0 unspecified atom stereocenters. The Morgan fingerprint density at radius 3 is 2.59 bits per heavy atom. The van der Waals surface area contributed by atoms with Gasteiger partial charge in [-0.25, -0.2) is 4.39 Å². The fourth-order valence-corrected chi connectivity index (χ4v) is 1.62. The maximum Gasteiger partial charge on any atom is 0.321 e. The minimum Gasteiger partial charge on any atom is -0.467 e. The van der Waals surface area contributed by atoms with Gasteiger partial charge in [0, 0.05) is 5.56 Å². The summed E-state index contributed by atoms with van der Waals surface area (Å²) in [5.41, 5.74) is 0.454. The van der Waals surface area contributed by atoms with E-state index in [1.807, 2.05) is 0 Å². The first-order chi connectivity index (χ1) is 8.10. The van der Waals surface area contributed by atoms with E-state index in [9.17, 15) is 4.39 Å². The van der Waals surface area contributed by atoms with Gasteiger partial charge in [0.1, 0.15) is 5.82 Å². The molecule has 0 radical (unpaired) electrons. The van der Waals surface area contributed by atoms with Gasteiger partial charge >= 0.3 is 6.01 Å². The van der Waals surface area contributed by atoms with Crippen LogP contribution in [-0.4, -0.2) is 22.1 Å². The highest BCUT2D eigenvalue weighted by molar-refractivity contribution is 6.33. The van der Waals surface area contributed by atoms with Crippen molar-refractivity contribution in [2.45, 2.75) is 0 Å². The van der Waals surface area contributed by atoms with Crippen LogP contribution in [0.15, 0.2) is 18.2 Å². The highest BCUT2D eigenvalue weighted by Gasteiger charge is 2.11. The summed E-state index contributed by atoms with van der Waals surface area (Å²) in [5.74, 6) is -0.210. The first kappa shape index (κ1) is 12.0. The molecule has 1 aromatic heterocycles.